The Morgan fingerprint density at radius 3 is 2.58 bits per heavy atom. The number of hydrogen-bond acceptors (Lipinski definition) is 4. The lowest BCUT2D eigenvalue weighted by molar-refractivity contribution is 0.169. The number of amides is 1. The van der Waals surface area contributed by atoms with Gasteiger partial charge in [0.15, 0.2) is 5.17 Å². The Labute approximate surface area is 76.8 Å². The molecule has 70 valence electrons. The second-order valence-corrected chi connectivity index (χ2v) is 2.57. The fourth-order valence-electron chi connectivity index (χ4n) is 0.688. The van der Waals surface area contributed by atoms with E-state index in [0.29, 0.717) is 13.2 Å². The number of carbonyl (C=O) groups excluding carboxylic acids is 1. The van der Waals surface area contributed by atoms with E-state index in [9.17, 15) is 4.79 Å². The number of cyclic esters (lactones) is 1. The van der Waals surface area contributed by atoms with Crippen LogP contribution in [0.2, 0.25) is 0 Å². The molecule has 0 spiro atoms. The van der Waals surface area contributed by atoms with Crippen molar-refractivity contribution in [2.75, 3.05) is 19.4 Å². The number of nitrogens with zero attached hydrogens (tertiary/aromatic N) is 1. The monoisotopic (exact) mass is 190 g/mol. The summed E-state index contributed by atoms with van der Waals surface area (Å²) < 4.78 is 4.62. The van der Waals surface area contributed by atoms with E-state index in [4.69, 9.17) is 5.41 Å². The normalized spacial score (nSPS) is 14.9. The maximum absolute atomic E-state index is 10.7. The Bertz CT molecular complexity index is 173. The molecule has 0 radical (unpaired) electrons. The standard InChI is InChI=1S/C5H8N2O2S.C2H6/c1-10-4(6)7-2-3-9-5(7)8;1-2/h6H,2-3H2,1H3;1-2H3. The van der Waals surface area contributed by atoms with E-state index in [-0.39, 0.29) is 5.17 Å². The zero-order valence-corrected chi connectivity index (χ0v) is 8.40. The molecule has 0 bridgehead atoms. The second-order valence-electron chi connectivity index (χ2n) is 1.78. The summed E-state index contributed by atoms with van der Waals surface area (Å²) in [6.45, 7) is 4.92. The molecule has 1 rings (SSSR count). The van der Waals surface area contributed by atoms with Gasteiger partial charge >= 0.3 is 6.09 Å². The first-order chi connectivity index (χ1) is 5.75. The van der Waals surface area contributed by atoms with Crippen LogP contribution >= 0.6 is 11.8 Å². The van der Waals surface area contributed by atoms with Crippen LogP contribution in [-0.2, 0) is 4.74 Å². The number of amidine groups is 1. The van der Waals surface area contributed by atoms with Crippen LogP contribution < -0.4 is 0 Å². The summed E-state index contributed by atoms with van der Waals surface area (Å²) in [5, 5.41) is 7.51. The lowest BCUT2D eigenvalue weighted by Crippen LogP contribution is -2.28. The predicted molar refractivity (Wildman–Crippen MR) is 50.6 cm³/mol. The van der Waals surface area contributed by atoms with Crippen LogP contribution in [0.15, 0.2) is 0 Å². The van der Waals surface area contributed by atoms with Crippen LogP contribution in [-0.4, -0.2) is 35.6 Å². The van der Waals surface area contributed by atoms with E-state index >= 15 is 0 Å². The molecule has 0 aromatic rings. The van der Waals surface area contributed by atoms with Crippen LogP contribution in [0.25, 0.3) is 0 Å². The summed E-state index contributed by atoms with van der Waals surface area (Å²) >= 11 is 1.23. The van der Waals surface area contributed by atoms with E-state index < -0.39 is 6.09 Å². The van der Waals surface area contributed by atoms with Crippen molar-refractivity contribution in [2.45, 2.75) is 13.8 Å². The van der Waals surface area contributed by atoms with E-state index in [2.05, 4.69) is 4.74 Å². The molecule has 0 atom stereocenters. The molecule has 1 aliphatic rings. The molecule has 1 aliphatic heterocycles. The van der Waals surface area contributed by atoms with Gasteiger partial charge in [-0.1, -0.05) is 25.6 Å². The fourth-order valence-corrected chi connectivity index (χ4v) is 1.07. The molecule has 1 fully saturated rings. The van der Waals surface area contributed by atoms with Gasteiger partial charge in [-0.2, -0.15) is 0 Å². The highest BCUT2D eigenvalue weighted by molar-refractivity contribution is 8.13. The highest BCUT2D eigenvalue weighted by Gasteiger charge is 2.24. The van der Waals surface area contributed by atoms with Crippen LogP contribution in [0.3, 0.4) is 0 Å². The quantitative estimate of drug-likeness (QED) is 0.468. The molecular weight excluding hydrogens is 176 g/mol. The first-order valence-electron chi connectivity index (χ1n) is 3.82. The summed E-state index contributed by atoms with van der Waals surface area (Å²) in [5.74, 6) is 0. The van der Waals surface area contributed by atoms with Gasteiger partial charge < -0.3 is 4.74 Å². The van der Waals surface area contributed by atoms with Gasteiger partial charge in [0, 0.05) is 0 Å². The van der Waals surface area contributed by atoms with Crippen molar-refractivity contribution in [3.63, 3.8) is 0 Å². The van der Waals surface area contributed by atoms with Crippen LogP contribution in [0.1, 0.15) is 13.8 Å². The average Bonchev–Trinajstić information content (AvgIpc) is 2.54. The van der Waals surface area contributed by atoms with Gasteiger partial charge in [-0.15, -0.1) is 0 Å². The number of ether oxygens (including phenoxy) is 1. The number of nitrogens with one attached hydrogen (secondary N) is 1. The molecule has 1 saturated heterocycles. The van der Waals surface area contributed by atoms with Crippen molar-refractivity contribution in [3.8, 4) is 0 Å². The predicted octanol–water partition coefficient (Wildman–Crippen LogP) is 1.76. The molecule has 0 aliphatic carbocycles. The largest absolute Gasteiger partial charge is 0.447 e. The SMILES string of the molecule is CC.CSC(=N)N1CCOC1=O. The number of carbonyl (C=O) groups is 1. The summed E-state index contributed by atoms with van der Waals surface area (Å²) in [6, 6.07) is 0. The maximum atomic E-state index is 10.7. The van der Waals surface area contributed by atoms with E-state index in [1.54, 1.807) is 6.26 Å². The van der Waals surface area contributed by atoms with Gasteiger partial charge in [0.25, 0.3) is 0 Å². The Morgan fingerprint density at radius 1 is 1.67 bits per heavy atom. The third-order valence-corrected chi connectivity index (χ3v) is 1.81. The maximum Gasteiger partial charge on any atom is 0.416 e. The number of hydrogen-bond donors (Lipinski definition) is 1. The fraction of sp³-hybridized carbons (Fsp3) is 0.714. The van der Waals surface area contributed by atoms with Crippen molar-refractivity contribution in [2.24, 2.45) is 0 Å². The summed E-state index contributed by atoms with van der Waals surface area (Å²) in [7, 11) is 0. The Morgan fingerprint density at radius 2 is 2.25 bits per heavy atom. The third kappa shape index (κ3) is 2.73. The van der Waals surface area contributed by atoms with Gasteiger partial charge in [0.05, 0.1) is 6.54 Å². The Balaban J connectivity index is 0.000000561. The zero-order valence-electron chi connectivity index (χ0n) is 7.59. The minimum absolute atomic E-state index is 0.252. The van der Waals surface area contributed by atoms with Crippen LogP contribution in [0, 0.1) is 5.41 Å². The number of thioether (sulfide) groups is 1. The molecular formula is C7H14N2O2S. The van der Waals surface area contributed by atoms with E-state index in [0.717, 1.165) is 0 Å². The van der Waals surface area contributed by atoms with Crippen molar-refractivity contribution in [1.29, 1.82) is 5.41 Å². The van der Waals surface area contributed by atoms with Crippen LogP contribution in [0.4, 0.5) is 4.79 Å². The molecule has 1 amide bonds. The minimum atomic E-state index is -0.403. The van der Waals surface area contributed by atoms with Gasteiger partial charge in [-0.3, -0.25) is 10.3 Å². The van der Waals surface area contributed by atoms with Crippen LogP contribution in [0.5, 0.6) is 0 Å². The van der Waals surface area contributed by atoms with Gasteiger partial charge in [-0.05, 0) is 6.26 Å². The number of rotatable bonds is 0. The molecule has 0 aromatic carbocycles. The van der Waals surface area contributed by atoms with E-state index in [1.807, 2.05) is 13.8 Å². The van der Waals surface area contributed by atoms with Crippen molar-refractivity contribution in [1.82, 2.24) is 4.90 Å². The topological polar surface area (TPSA) is 53.4 Å². The highest BCUT2D eigenvalue weighted by atomic mass is 32.2. The smallest absolute Gasteiger partial charge is 0.416 e. The van der Waals surface area contributed by atoms with Crippen molar-refractivity contribution < 1.29 is 9.53 Å². The van der Waals surface area contributed by atoms with Gasteiger partial charge in [0.1, 0.15) is 6.61 Å². The molecule has 0 aromatic heterocycles. The van der Waals surface area contributed by atoms with Crippen molar-refractivity contribution >= 4 is 23.0 Å². The summed E-state index contributed by atoms with van der Waals surface area (Å²) in [6.07, 6.45) is 1.35. The zero-order chi connectivity index (χ0) is 9.56. The summed E-state index contributed by atoms with van der Waals surface area (Å²) in [5.41, 5.74) is 0. The first kappa shape index (κ1) is 11.3. The molecule has 0 saturated carbocycles. The van der Waals surface area contributed by atoms with Crippen molar-refractivity contribution in [3.05, 3.63) is 0 Å². The van der Waals surface area contributed by atoms with E-state index in [1.165, 1.54) is 16.7 Å². The summed E-state index contributed by atoms with van der Waals surface area (Å²) in [4.78, 5) is 12.0. The first-order valence-corrected chi connectivity index (χ1v) is 5.05. The lowest BCUT2D eigenvalue weighted by Gasteiger charge is -2.09. The average molecular weight is 190 g/mol. The van der Waals surface area contributed by atoms with Gasteiger partial charge in [-0.25, -0.2) is 4.79 Å². The molecule has 1 N–H and O–H groups in total. The molecule has 5 heteroatoms. The molecule has 12 heavy (non-hydrogen) atoms. The Kier molecular flexibility index (Phi) is 5.53. The lowest BCUT2D eigenvalue weighted by atomic mass is 10.7. The second kappa shape index (κ2) is 5.88. The Hall–Kier alpha value is -0.710. The highest BCUT2D eigenvalue weighted by Crippen LogP contribution is 2.09. The van der Waals surface area contributed by atoms with Gasteiger partial charge in [0.2, 0.25) is 0 Å². The molecule has 1 heterocycles. The third-order valence-electron chi connectivity index (χ3n) is 1.20. The minimum Gasteiger partial charge on any atom is -0.447 e. The molecule has 0 unspecified atom stereocenters. The molecule has 4 nitrogen and oxygen atoms in total.